The maximum Gasteiger partial charge on any atom is 0.122 e. The first kappa shape index (κ1) is 19.5. The molecule has 144 valence electrons. The Morgan fingerprint density at radius 2 is 2.04 bits per heavy atom. The Kier molecular flexibility index (Phi) is 5.03. The molecule has 0 aromatic carbocycles. The normalized spacial score (nSPS) is 43.9. The average molecular weight is 356 g/mol. The van der Waals surface area contributed by atoms with E-state index in [0.29, 0.717) is 35.0 Å². The molecule has 6 unspecified atom stereocenters. The molecular formula is C24H37NO. The molecule has 26 heavy (non-hydrogen) atoms. The summed E-state index contributed by atoms with van der Waals surface area (Å²) in [5.41, 5.74) is 3.98. The van der Waals surface area contributed by atoms with Gasteiger partial charge >= 0.3 is 0 Å². The fourth-order valence-electron chi connectivity index (χ4n) is 6.62. The third-order valence-electron chi connectivity index (χ3n) is 7.85. The zero-order valence-corrected chi connectivity index (χ0v) is 17.5. The van der Waals surface area contributed by atoms with E-state index in [0.717, 1.165) is 25.0 Å². The maximum atomic E-state index is 11.1. The van der Waals surface area contributed by atoms with Crippen molar-refractivity contribution in [3.63, 3.8) is 0 Å². The van der Waals surface area contributed by atoms with Gasteiger partial charge in [0, 0.05) is 23.4 Å². The Balaban J connectivity index is 0.000000948. The summed E-state index contributed by atoms with van der Waals surface area (Å²) in [4.78, 5) is 0. The van der Waals surface area contributed by atoms with Gasteiger partial charge in [-0.25, -0.2) is 0 Å². The van der Waals surface area contributed by atoms with E-state index in [1.807, 2.05) is 20.8 Å². The van der Waals surface area contributed by atoms with E-state index >= 15 is 0 Å². The molecule has 4 aliphatic rings. The van der Waals surface area contributed by atoms with Crippen LogP contribution in [-0.4, -0.2) is 17.7 Å². The molecule has 2 nitrogen and oxygen atoms in total. The number of hydrogen-bond donors (Lipinski definition) is 2. The molecule has 2 heteroatoms. The predicted molar refractivity (Wildman–Crippen MR) is 111 cm³/mol. The SMILES string of the molecule is C=C/C(C)=C(/O)C1=C(C)CC2NCC34C=CCC(C)C(C)C1(C3)C24.CC. The summed E-state index contributed by atoms with van der Waals surface area (Å²) in [5, 5.41) is 14.9. The van der Waals surface area contributed by atoms with Crippen LogP contribution in [0, 0.1) is 28.6 Å². The summed E-state index contributed by atoms with van der Waals surface area (Å²) in [6.45, 7) is 18.0. The summed E-state index contributed by atoms with van der Waals surface area (Å²) in [7, 11) is 0. The lowest BCUT2D eigenvalue weighted by Crippen LogP contribution is -2.64. The minimum Gasteiger partial charge on any atom is -0.507 e. The lowest BCUT2D eigenvalue weighted by atomic mass is 9.35. The van der Waals surface area contributed by atoms with Crippen LogP contribution in [0.2, 0.25) is 0 Å². The summed E-state index contributed by atoms with van der Waals surface area (Å²) >= 11 is 0. The Morgan fingerprint density at radius 1 is 1.35 bits per heavy atom. The van der Waals surface area contributed by atoms with Gasteiger partial charge in [0.2, 0.25) is 0 Å². The van der Waals surface area contributed by atoms with Crippen molar-refractivity contribution in [1.29, 1.82) is 0 Å². The minimum absolute atomic E-state index is 0.120. The predicted octanol–water partition coefficient (Wildman–Crippen LogP) is 5.95. The van der Waals surface area contributed by atoms with E-state index in [9.17, 15) is 5.11 Å². The molecule has 1 saturated carbocycles. The zero-order valence-electron chi connectivity index (χ0n) is 17.5. The first-order valence-electron chi connectivity index (χ1n) is 10.5. The first-order chi connectivity index (χ1) is 12.4. The van der Waals surface area contributed by atoms with Crippen LogP contribution in [0.3, 0.4) is 0 Å². The Hall–Kier alpha value is -1.28. The van der Waals surface area contributed by atoms with Crippen LogP contribution in [0.25, 0.3) is 0 Å². The van der Waals surface area contributed by atoms with Crippen LogP contribution in [-0.2, 0) is 0 Å². The number of allylic oxidation sites excluding steroid dienone is 4. The molecule has 1 aliphatic heterocycles. The molecular weight excluding hydrogens is 318 g/mol. The molecule has 2 spiro atoms. The van der Waals surface area contributed by atoms with Gasteiger partial charge in [0.05, 0.1) is 0 Å². The number of nitrogens with one attached hydrogen (secondary N) is 1. The van der Waals surface area contributed by atoms with Gasteiger partial charge in [-0.05, 0) is 62.0 Å². The van der Waals surface area contributed by atoms with Crippen molar-refractivity contribution in [3.8, 4) is 0 Å². The van der Waals surface area contributed by atoms with Crippen LogP contribution in [0.4, 0.5) is 0 Å². The van der Waals surface area contributed by atoms with E-state index in [1.165, 1.54) is 17.6 Å². The summed E-state index contributed by atoms with van der Waals surface area (Å²) in [6.07, 6.45) is 10.1. The second kappa shape index (κ2) is 6.71. The highest BCUT2D eigenvalue weighted by Gasteiger charge is 2.72. The molecule has 2 N–H and O–H groups in total. The lowest BCUT2D eigenvalue weighted by Gasteiger charge is -2.67. The van der Waals surface area contributed by atoms with Gasteiger partial charge in [0.25, 0.3) is 0 Å². The second-order valence-electron chi connectivity index (χ2n) is 8.91. The van der Waals surface area contributed by atoms with Crippen molar-refractivity contribution in [2.45, 2.75) is 66.8 Å². The summed E-state index contributed by atoms with van der Waals surface area (Å²) < 4.78 is 0. The van der Waals surface area contributed by atoms with E-state index in [2.05, 4.69) is 44.8 Å². The number of aliphatic hydroxyl groups excluding tert-OH is 1. The largest absolute Gasteiger partial charge is 0.507 e. The van der Waals surface area contributed by atoms with Gasteiger partial charge in [-0.1, -0.05) is 58.1 Å². The Morgan fingerprint density at radius 3 is 2.69 bits per heavy atom. The smallest absolute Gasteiger partial charge is 0.122 e. The Labute approximate surface area is 160 Å². The van der Waals surface area contributed by atoms with E-state index in [4.69, 9.17) is 0 Å². The lowest BCUT2D eigenvalue weighted by molar-refractivity contribution is -0.110. The second-order valence-corrected chi connectivity index (χ2v) is 8.91. The monoisotopic (exact) mass is 355 g/mol. The quantitative estimate of drug-likeness (QED) is 0.364. The van der Waals surface area contributed by atoms with Crippen LogP contribution >= 0.6 is 0 Å². The minimum atomic E-state index is 0.120. The van der Waals surface area contributed by atoms with Gasteiger partial charge in [-0.3, -0.25) is 0 Å². The van der Waals surface area contributed by atoms with E-state index < -0.39 is 0 Å². The topological polar surface area (TPSA) is 32.3 Å². The molecule has 2 bridgehead atoms. The molecule has 0 aromatic heterocycles. The fraction of sp³-hybridized carbons (Fsp3) is 0.667. The van der Waals surface area contributed by atoms with Crippen molar-refractivity contribution in [1.82, 2.24) is 5.32 Å². The number of rotatable bonds is 2. The molecule has 0 radical (unpaired) electrons. The van der Waals surface area contributed by atoms with Crippen molar-refractivity contribution in [2.75, 3.05) is 6.54 Å². The van der Waals surface area contributed by atoms with Crippen molar-refractivity contribution < 1.29 is 5.11 Å². The highest BCUT2D eigenvalue weighted by atomic mass is 16.3. The molecule has 1 saturated heterocycles. The van der Waals surface area contributed by atoms with Gasteiger partial charge in [0.1, 0.15) is 5.76 Å². The number of aliphatic hydroxyl groups is 1. The maximum absolute atomic E-state index is 11.1. The standard InChI is InChI=1S/C22H31NO.C2H6/c1-6-13(2)19(24)18-15(4)10-17-20-21(12-23-17)9-7-8-14(3)16(5)22(18,20)11-21;1-2/h6-7,9,14,16-17,20,23-24H,1,8,10-12H2,2-5H3;1-2H3/b9-7?,19-13+;. The molecule has 6 atom stereocenters. The van der Waals surface area contributed by atoms with Crippen molar-refractivity contribution in [3.05, 3.63) is 47.3 Å². The van der Waals surface area contributed by atoms with Crippen LogP contribution < -0.4 is 5.32 Å². The van der Waals surface area contributed by atoms with E-state index in [1.54, 1.807) is 6.08 Å². The Bertz CT molecular complexity index is 684. The average Bonchev–Trinajstić information content (AvgIpc) is 2.93. The molecule has 4 rings (SSSR count). The van der Waals surface area contributed by atoms with Crippen LogP contribution in [0.15, 0.2) is 47.3 Å². The molecule has 3 aliphatic carbocycles. The van der Waals surface area contributed by atoms with Gasteiger partial charge in [0.15, 0.2) is 0 Å². The van der Waals surface area contributed by atoms with E-state index in [-0.39, 0.29) is 5.41 Å². The zero-order chi connectivity index (χ0) is 19.3. The molecule has 2 fully saturated rings. The van der Waals surface area contributed by atoms with Crippen LogP contribution in [0.5, 0.6) is 0 Å². The fourth-order valence-corrected chi connectivity index (χ4v) is 6.62. The summed E-state index contributed by atoms with van der Waals surface area (Å²) in [6, 6.07) is 0.566. The molecule has 0 aromatic rings. The molecule has 1 heterocycles. The van der Waals surface area contributed by atoms with Crippen molar-refractivity contribution >= 4 is 0 Å². The molecule has 0 amide bonds. The third-order valence-corrected chi connectivity index (χ3v) is 7.85. The third kappa shape index (κ3) is 2.34. The van der Waals surface area contributed by atoms with Crippen LogP contribution in [0.1, 0.15) is 60.8 Å². The van der Waals surface area contributed by atoms with Gasteiger partial charge in [-0.15, -0.1) is 0 Å². The number of hydrogen-bond acceptors (Lipinski definition) is 2. The highest BCUT2D eigenvalue weighted by Crippen LogP contribution is 2.74. The highest BCUT2D eigenvalue weighted by molar-refractivity contribution is 5.50. The summed E-state index contributed by atoms with van der Waals surface area (Å²) in [5.74, 6) is 2.34. The first-order valence-corrected chi connectivity index (χ1v) is 10.5. The van der Waals surface area contributed by atoms with Gasteiger partial charge < -0.3 is 10.4 Å². The van der Waals surface area contributed by atoms with Gasteiger partial charge in [-0.2, -0.15) is 0 Å². The van der Waals surface area contributed by atoms with Crippen molar-refractivity contribution in [2.24, 2.45) is 28.6 Å².